The standard InChI is InChI=1S/C23H28N6O2/c1-15-20(25-14-24-15)13-28-9-8-21-19(12-28)22(23(30)26-17-6-7-17)27-29(21)11-16-4-3-5-18(10-16)31-2/h3-5,10,14,17H,6-9,11-13H2,1-2H3,(H,24,25)(H,26,30). The van der Waals surface area contributed by atoms with Gasteiger partial charge in [-0.05, 0) is 37.5 Å². The summed E-state index contributed by atoms with van der Waals surface area (Å²) in [5.74, 6) is 0.770. The van der Waals surface area contributed by atoms with Crippen LogP contribution >= 0.6 is 0 Å². The molecule has 2 aliphatic rings. The number of carbonyl (C=O) groups excluding carboxylic acids is 1. The van der Waals surface area contributed by atoms with E-state index >= 15 is 0 Å². The number of aromatic amines is 1. The van der Waals surface area contributed by atoms with Crippen molar-refractivity contribution >= 4 is 5.91 Å². The zero-order valence-corrected chi connectivity index (χ0v) is 18.0. The number of hydrogen-bond donors (Lipinski definition) is 2. The molecule has 5 rings (SSSR count). The Morgan fingerprint density at radius 3 is 2.94 bits per heavy atom. The van der Waals surface area contributed by atoms with Crippen molar-refractivity contribution in [2.24, 2.45) is 0 Å². The number of aryl methyl sites for hydroxylation is 1. The van der Waals surface area contributed by atoms with Crippen molar-refractivity contribution in [1.82, 2.24) is 30.0 Å². The van der Waals surface area contributed by atoms with Crippen molar-refractivity contribution in [3.8, 4) is 5.75 Å². The van der Waals surface area contributed by atoms with E-state index in [2.05, 4.69) is 26.3 Å². The molecule has 1 saturated carbocycles. The molecule has 3 heterocycles. The van der Waals surface area contributed by atoms with Gasteiger partial charge in [0, 0.05) is 49.0 Å². The first-order valence-corrected chi connectivity index (χ1v) is 10.8. The predicted octanol–water partition coefficient (Wildman–Crippen LogP) is 2.42. The molecule has 1 amide bonds. The van der Waals surface area contributed by atoms with Gasteiger partial charge in [0.25, 0.3) is 5.91 Å². The Bertz CT molecular complexity index is 1100. The number of carbonyl (C=O) groups is 1. The number of nitrogens with one attached hydrogen (secondary N) is 2. The van der Waals surface area contributed by atoms with Gasteiger partial charge in [0.05, 0.1) is 25.7 Å². The number of ether oxygens (including phenoxy) is 1. The number of imidazole rings is 1. The number of fused-ring (bicyclic) bond motifs is 1. The topological polar surface area (TPSA) is 88.1 Å². The maximum atomic E-state index is 13.0. The van der Waals surface area contributed by atoms with E-state index in [1.807, 2.05) is 29.8 Å². The lowest BCUT2D eigenvalue weighted by molar-refractivity contribution is 0.0943. The van der Waals surface area contributed by atoms with Crippen LogP contribution in [0.15, 0.2) is 30.6 Å². The summed E-state index contributed by atoms with van der Waals surface area (Å²) in [7, 11) is 1.67. The van der Waals surface area contributed by atoms with Crippen molar-refractivity contribution in [3.63, 3.8) is 0 Å². The number of H-pyrrole nitrogens is 1. The third-order valence-electron chi connectivity index (χ3n) is 6.11. The average molecular weight is 421 g/mol. The first-order valence-electron chi connectivity index (χ1n) is 10.8. The molecule has 1 fully saturated rings. The number of benzene rings is 1. The van der Waals surface area contributed by atoms with Crippen molar-refractivity contribution < 1.29 is 9.53 Å². The lowest BCUT2D eigenvalue weighted by atomic mass is 10.0. The molecule has 0 radical (unpaired) electrons. The Kier molecular flexibility index (Phi) is 5.23. The number of aromatic nitrogens is 4. The maximum Gasteiger partial charge on any atom is 0.272 e. The third kappa shape index (κ3) is 4.20. The molecule has 0 saturated heterocycles. The second kappa shape index (κ2) is 8.19. The number of amides is 1. The van der Waals surface area contributed by atoms with Crippen LogP contribution in [-0.2, 0) is 26.1 Å². The Labute approximate surface area is 181 Å². The molecule has 1 aliphatic heterocycles. The van der Waals surface area contributed by atoms with Gasteiger partial charge in [0.1, 0.15) is 5.75 Å². The quantitative estimate of drug-likeness (QED) is 0.613. The van der Waals surface area contributed by atoms with E-state index in [1.165, 1.54) is 0 Å². The van der Waals surface area contributed by atoms with Crippen molar-refractivity contribution in [1.29, 1.82) is 0 Å². The molecular formula is C23H28N6O2. The number of rotatable bonds is 7. The second-order valence-corrected chi connectivity index (χ2v) is 8.47. The summed E-state index contributed by atoms with van der Waals surface area (Å²) in [6.07, 6.45) is 4.71. The molecule has 0 atom stereocenters. The third-order valence-corrected chi connectivity index (χ3v) is 6.11. The highest BCUT2D eigenvalue weighted by atomic mass is 16.5. The minimum atomic E-state index is -0.0547. The highest BCUT2D eigenvalue weighted by Gasteiger charge is 2.31. The SMILES string of the molecule is COc1cccc(Cn2nc(C(=O)NC3CC3)c3c2CCN(Cc2nc[nH]c2C)C3)c1. The summed E-state index contributed by atoms with van der Waals surface area (Å²) in [5.41, 5.74) is 6.00. The summed E-state index contributed by atoms with van der Waals surface area (Å²) >= 11 is 0. The van der Waals surface area contributed by atoms with Gasteiger partial charge in [-0.2, -0.15) is 5.10 Å². The van der Waals surface area contributed by atoms with E-state index in [-0.39, 0.29) is 5.91 Å². The van der Waals surface area contributed by atoms with Crippen LogP contribution in [-0.4, -0.2) is 50.3 Å². The Morgan fingerprint density at radius 1 is 1.32 bits per heavy atom. The van der Waals surface area contributed by atoms with Crippen LogP contribution in [0.5, 0.6) is 5.75 Å². The molecule has 2 aromatic heterocycles. The fourth-order valence-electron chi connectivity index (χ4n) is 4.18. The van der Waals surface area contributed by atoms with E-state index in [0.29, 0.717) is 24.8 Å². The minimum Gasteiger partial charge on any atom is -0.497 e. The van der Waals surface area contributed by atoms with Crippen LogP contribution in [0.4, 0.5) is 0 Å². The van der Waals surface area contributed by atoms with Gasteiger partial charge < -0.3 is 15.0 Å². The lowest BCUT2D eigenvalue weighted by Gasteiger charge is -2.27. The summed E-state index contributed by atoms with van der Waals surface area (Å²) in [6.45, 7) is 5.03. The molecule has 8 heteroatoms. The van der Waals surface area contributed by atoms with Crippen LogP contribution in [0.2, 0.25) is 0 Å². The van der Waals surface area contributed by atoms with Gasteiger partial charge in [0.2, 0.25) is 0 Å². The van der Waals surface area contributed by atoms with Gasteiger partial charge in [-0.25, -0.2) is 4.98 Å². The summed E-state index contributed by atoms with van der Waals surface area (Å²) < 4.78 is 7.37. The number of hydrogen-bond acceptors (Lipinski definition) is 5. The number of nitrogens with zero attached hydrogens (tertiary/aromatic N) is 4. The zero-order valence-electron chi connectivity index (χ0n) is 18.0. The highest BCUT2D eigenvalue weighted by Crippen LogP contribution is 2.27. The smallest absolute Gasteiger partial charge is 0.272 e. The van der Waals surface area contributed by atoms with Crippen molar-refractivity contribution in [2.75, 3.05) is 13.7 Å². The van der Waals surface area contributed by atoms with E-state index in [9.17, 15) is 4.79 Å². The van der Waals surface area contributed by atoms with Crippen LogP contribution in [0.25, 0.3) is 0 Å². The molecule has 0 bridgehead atoms. The maximum absolute atomic E-state index is 13.0. The lowest BCUT2D eigenvalue weighted by Crippen LogP contribution is -2.33. The first kappa shape index (κ1) is 19.8. The Morgan fingerprint density at radius 2 is 2.19 bits per heavy atom. The highest BCUT2D eigenvalue weighted by molar-refractivity contribution is 5.94. The van der Waals surface area contributed by atoms with Gasteiger partial charge in [-0.1, -0.05) is 12.1 Å². The second-order valence-electron chi connectivity index (χ2n) is 8.47. The molecule has 3 aromatic rings. The molecule has 162 valence electrons. The van der Waals surface area contributed by atoms with Gasteiger partial charge in [-0.15, -0.1) is 0 Å². The van der Waals surface area contributed by atoms with Gasteiger partial charge >= 0.3 is 0 Å². The monoisotopic (exact) mass is 420 g/mol. The van der Waals surface area contributed by atoms with Gasteiger partial charge in [0.15, 0.2) is 5.69 Å². The fraction of sp³-hybridized carbons (Fsp3) is 0.435. The van der Waals surface area contributed by atoms with Crippen LogP contribution in [0, 0.1) is 6.92 Å². The van der Waals surface area contributed by atoms with Crippen molar-refractivity contribution in [3.05, 3.63) is 64.5 Å². The van der Waals surface area contributed by atoms with Gasteiger partial charge in [-0.3, -0.25) is 14.4 Å². The van der Waals surface area contributed by atoms with E-state index in [4.69, 9.17) is 9.84 Å². The molecule has 1 aliphatic carbocycles. The van der Waals surface area contributed by atoms with Crippen LogP contribution in [0.1, 0.15) is 51.5 Å². The molecule has 1 aromatic carbocycles. The summed E-state index contributed by atoms with van der Waals surface area (Å²) in [4.78, 5) is 22.9. The normalized spacial score (nSPS) is 16.2. The predicted molar refractivity (Wildman–Crippen MR) is 116 cm³/mol. The Balaban J connectivity index is 1.43. The molecule has 0 unspecified atom stereocenters. The average Bonchev–Trinajstić information content (AvgIpc) is 3.40. The van der Waals surface area contributed by atoms with E-state index in [1.54, 1.807) is 13.4 Å². The van der Waals surface area contributed by atoms with Crippen LogP contribution < -0.4 is 10.1 Å². The van der Waals surface area contributed by atoms with Crippen molar-refractivity contribution in [2.45, 2.75) is 51.9 Å². The minimum absolute atomic E-state index is 0.0547. The molecular weight excluding hydrogens is 392 g/mol. The molecule has 0 spiro atoms. The summed E-state index contributed by atoms with van der Waals surface area (Å²) in [5, 5.41) is 7.90. The van der Waals surface area contributed by atoms with E-state index in [0.717, 1.165) is 66.3 Å². The molecule has 8 nitrogen and oxygen atoms in total. The van der Waals surface area contributed by atoms with Crippen LogP contribution in [0.3, 0.4) is 0 Å². The zero-order chi connectivity index (χ0) is 21.4. The largest absolute Gasteiger partial charge is 0.497 e. The fourth-order valence-corrected chi connectivity index (χ4v) is 4.18. The first-order chi connectivity index (χ1) is 15.1. The molecule has 2 N–H and O–H groups in total. The van der Waals surface area contributed by atoms with E-state index < -0.39 is 0 Å². The summed E-state index contributed by atoms with van der Waals surface area (Å²) in [6, 6.07) is 8.31. The molecule has 31 heavy (non-hydrogen) atoms. The Hall–Kier alpha value is -3.13. The number of methoxy groups -OCH3 is 1.